The summed E-state index contributed by atoms with van der Waals surface area (Å²) in [5, 5.41) is 19.4. The minimum atomic E-state index is -1.08. The van der Waals surface area contributed by atoms with E-state index in [0.717, 1.165) is 6.07 Å². The Bertz CT molecular complexity index is 593. The van der Waals surface area contributed by atoms with Gasteiger partial charge in [-0.25, -0.2) is 4.39 Å². The SMILES string of the molecule is CCN(CCC(=O)O)C(=O)c1cc(F)cc([N+](=O)[O-])c1Br. The molecule has 0 saturated heterocycles. The zero-order valence-electron chi connectivity index (χ0n) is 11.0. The minimum absolute atomic E-state index is 0.0680. The summed E-state index contributed by atoms with van der Waals surface area (Å²) in [7, 11) is 0. The standard InChI is InChI=1S/C12H12BrFN2O5/c1-2-15(4-3-10(17)18)12(19)8-5-7(14)6-9(11(8)13)16(20)21/h5-6H,2-4H2,1H3,(H,17,18). The second kappa shape index (κ2) is 7.11. The van der Waals surface area contributed by atoms with Gasteiger partial charge in [-0.3, -0.25) is 19.7 Å². The first-order valence-electron chi connectivity index (χ1n) is 5.92. The molecule has 0 heterocycles. The summed E-state index contributed by atoms with van der Waals surface area (Å²) in [6.45, 7) is 1.76. The monoisotopic (exact) mass is 362 g/mol. The summed E-state index contributed by atoms with van der Waals surface area (Å²) in [4.78, 5) is 34.0. The second-order valence-electron chi connectivity index (χ2n) is 4.07. The Morgan fingerprint density at radius 3 is 2.57 bits per heavy atom. The van der Waals surface area contributed by atoms with E-state index in [4.69, 9.17) is 5.11 Å². The van der Waals surface area contributed by atoms with Crippen LogP contribution in [0.4, 0.5) is 10.1 Å². The third-order valence-electron chi connectivity index (χ3n) is 2.71. The molecule has 21 heavy (non-hydrogen) atoms. The van der Waals surface area contributed by atoms with Crippen LogP contribution in [0, 0.1) is 15.9 Å². The van der Waals surface area contributed by atoms with Crippen LogP contribution in [0.3, 0.4) is 0 Å². The molecule has 0 fully saturated rings. The Morgan fingerprint density at radius 1 is 1.48 bits per heavy atom. The van der Waals surface area contributed by atoms with Gasteiger partial charge in [-0.05, 0) is 28.9 Å². The highest BCUT2D eigenvalue weighted by molar-refractivity contribution is 9.10. The molecule has 1 aromatic rings. The summed E-state index contributed by atoms with van der Waals surface area (Å²) < 4.78 is 13.3. The molecular formula is C12H12BrFN2O5. The quantitative estimate of drug-likeness (QED) is 0.618. The number of benzene rings is 1. The molecule has 0 bridgehead atoms. The molecule has 0 spiro atoms. The van der Waals surface area contributed by atoms with Crippen molar-refractivity contribution < 1.29 is 24.0 Å². The molecule has 114 valence electrons. The zero-order chi connectivity index (χ0) is 16.2. The van der Waals surface area contributed by atoms with Crippen LogP contribution >= 0.6 is 15.9 Å². The Hall–Kier alpha value is -2.03. The molecule has 1 amide bonds. The van der Waals surface area contributed by atoms with Crippen LogP contribution in [0.25, 0.3) is 0 Å². The minimum Gasteiger partial charge on any atom is -0.481 e. The highest BCUT2D eigenvalue weighted by Crippen LogP contribution is 2.30. The molecule has 7 nitrogen and oxygen atoms in total. The van der Waals surface area contributed by atoms with Gasteiger partial charge >= 0.3 is 5.97 Å². The molecule has 1 aromatic carbocycles. The third kappa shape index (κ3) is 4.22. The number of aliphatic carboxylic acids is 1. The first kappa shape index (κ1) is 17.0. The summed E-state index contributed by atoms with van der Waals surface area (Å²) in [6, 6.07) is 1.58. The van der Waals surface area contributed by atoms with Gasteiger partial charge in [0.1, 0.15) is 10.3 Å². The fraction of sp³-hybridized carbons (Fsp3) is 0.333. The van der Waals surface area contributed by atoms with Crippen molar-refractivity contribution in [2.45, 2.75) is 13.3 Å². The van der Waals surface area contributed by atoms with Crippen molar-refractivity contribution in [3.63, 3.8) is 0 Å². The second-order valence-corrected chi connectivity index (χ2v) is 4.87. The zero-order valence-corrected chi connectivity index (χ0v) is 12.6. The van der Waals surface area contributed by atoms with Crippen molar-refractivity contribution in [2.24, 2.45) is 0 Å². The van der Waals surface area contributed by atoms with Crippen LogP contribution in [0.2, 0.25) is 0 Å². The first-order chi connectivity index (χ1) is 9.77. The lowest BCUT2D eigenvalue weighted by molar-refractivity contribution is -0.385. The number of rotatable bonds is 6. The van der Waals surface area contributed by atoms with Gasteiger partial charge in [0.2, 0.25) is 0 Å². The van der Waals surface area contributed by atoms with Crippen LogP contribution in [0.15, 0.2) is 16.6 Å². The Morgan fingerprint density at radius 2 is 2.10 bits per heavy atom. The van der Waals surface area contributed by atoms with Gasteiger partial charge in [0.25, 0.3) is 11.6 Å². The maximum Gasteiger partial charge on any atom is 0.305 e. The molecule has 0 aliphatic rings. The maximum absolute atomic E-state index is 13.4. The summed E-state index contributed by atoms with van der Waals surface area (Å²) in [5.74, 6) is -2.67. The summed E-state index contributed by atoms with van der Waals surface area (Å²) >= 11 is 2.92. The van der Waals surface area contributed by atoms with Crippen LogP contribution < -0.4 is 0 Å². The highest BCUT2D eigenvalue weighted by atomic mass is 79.9. The van der Waals surface area contributed by atoms with Crippen LogP contribution in [-0.2, 0) is 4.79 Å². The number of nitro benzene ring substituents is 1. The van der Waals surface area contributed by atoms with Gasteiger partial charge in [-0.15, -0.1) is 0 Å². The molecule has 0 aromatic heterocycles. The average molecular weight is 363 g/mol. The first-order valence-corrected chi connectivity index (χ1v) is 6.71. The number of nitrogens with zero attached hydrogens (tertiary/aromatic N) is 2. The average Bonchev–Trinajstić information content (AvgIpc) is 2.40. The van der Waals surface area contributed by atoms with Crippen molar-refractivity contribution in [3.8, 4) is 0 Å². The van der Waals surface area contributed by atoms with Gasteiger partial charge in [-0.2, -0.15) is 0 Å². The molecule has 0 unspecified atom stereocenters. The Kier molecular flexibility index (Phi) is 5.77. The van der Waals surface area contributed by atoms with Crippen LogP contribution in [-0.4, -0.2) is 39.9 Å². The number of carboxylic acid groups (broad SMARTS) is 1. The Labute approximate surface area is 127 Å². The molecular weight excluding hydrogens is 351 g/mol. The summed E-state index contributed by atoms with van der Waals surface area (Å²) in [5.41, 5.74) is -0.776. The van der Waals surface area contributed by atoms with Gasteiger partial charge in [0, 0.05) is 13.1 Å². The fourth-order valence-electron chi connectivity index (χ4n) is 1.67. The topological polar surface area (TPSA) is 101 Å². The van der Waals surface area contributed by atoms with E-state index in [1.54, 1.807) is 6.92 Å². The number of carboxylic acids is 1. The lowest BCUT2D eigenvalue weighted by Crippen LogP contribution is -2.33. The number of hydrogen-bond acceptors (Lipinski definition) is 4. The van der Waals surface area contributed by atoms with E-state index in [2.05, 4.69) is 15.9 Å². The lowest BCUT2D eigenvalue weighted by atomic mass is 10.1. The number of amides is 1. The third-order valence-corrected chi connectivity index (χ3v) is 3.54. The summed E-state index contributed by atoms with van der Waals surface area (Å²) in [6.07, 6.45) is -0.269. The molecule has 0 aliphatic heterocycles. The van der Waals surface area contributed by atoms with E-state index in [0.29, 0.717) is 6.07 Å². The van der Waals surface area contributed by atoms with Crippen molar-refractivity contribution in [1.82, 2.24) is 4.90 Å². The number of hydrogen-bond donors (Lipinski definition) is 1. The van der Waals surface area contributed by atoms with Crippen molar-refractivity contribution in [1.29, 1.82) is 0 Å². The van der Waals surface area contributed by atoms with Crippen LogP contribution in [0.1, 0.15) is 23.7 Å². The predicted octanol–water partition coefficient (Wildman–Crippen LogP) is 2.43. The number of carbonyl (C=O) groups excluding carboxylic acids is 1. The fourth-order valence-corrected chi connectivity index (χ4v) is 2.21. The van der Waals surface area contributed by atoms with Gasteiger partial charge in [-0.1, -0.05) is 0 Å². The Balaban J connectivity index is 3.16. The van der Waals surface area contributed by atoms with E-state index in [1.165, 1.54) is 4.90 Å². The smallest absolute Gasteiger partial charge is 0.305 e. The molecule has 0 atom stereocenters. The normalized spacial score (nSPS) is 10.2. The molecule has 1 N–H and O–H groups in total. The molecule has 0 saturated carbocycles. The molecule has 0 aliphatic carbocycles. The van der Waals surface area contributed by atoms with Gasteiger partial charge in [0.05, 0.1) is 23.0 Å². The number of carbonyl (C=O) groups is 2. The highest BCUT2D eigenvalue weighted by Gasteiger charge is 2.25. The lowest BCUT2D eigenvalue weighted by Gasteiger charge is -2.20. The van der Waals surface area contributed by atoms with Crippen molar-refractivity contribution in [2.75, 3.05) is 13.1 Å². The van der Waals surface area contributed by atoms with Crippen molar-refractivity contribution >= 4 is 33.5 Å². The number of nitro groups is 1. The maximum atomic E-state index is 13.4. The van der Waals surface area contributed by atoms with E-state index >= 15 is 0 Å². The van der Waals surface area contributed by atoms with Crippen molar-refractivity contribution in [3.05, 3.63) is 38.1 Å². The molecule has 9 heteroatoms. The van der Waals surface area contributed by atoms with E-state index in [1.807, 2.05) is 0 Å². The van der Waals surface area contributed by atoms with Gasteiger partial charge < -0.3 is 10.0 Å². The van der Waals surface area contributed by atoms with E-state index in [-0.39, 0.29) is 29.5 Å². The predicted molar refractivity (Wildman–Crippen MR) is 74.6 cm³/mol. The largest absolute Gasteiger partial charge is 0.481 e. The van der Waals surface area contributed by atoms with Crippen LogP contribution in [0.5, 0.6) is 0 Å². The number of halogens is 2. The molecule has 0 radical (unpaired) electrons. The van der Waals surface area contributed by atoms with E-state index in [9.17, 15) is 24.1 Å². The van der Waals surface area contributed by atoms with Gasteiger partial charge in [0.15, 0.2) is 0 Å². The molecule has 1 rings (SSSR count). The van der Waals surface area contributed by atoms with E-state index < -0.39 is 28.3 Å².